The number of pyridine rings is 1. The maximum atomic E-state index is 13.7. The van der Waals surface area contributed by atoms with Crippen molar-refractivity contribution in [1.82, 2.24) is 14.8 Å². The van der Waals surface area contributed by atoms with Gasteiger partial charge in [0.2, 0.25) is 5.91 Å². The molecule has 9 heteroatoms. The Bertz CT molecular complexity index is 1170. The molecular weight excluding hydrogens is 502 g/mol. The molecule has 2 fully saturated rings. The number of nitriles is 1. The smallest absolute Gasteiger partial charge is 0.410 e. The lowest BCUT2D eigenvalue weighted by Crippen LogP contribution is -2.46. The highest BCUT2D eigenvalue weighted by Gasteiger charge is 2.43. The highest BCUT2D eigenvalue weighted by atomic mass is 35.5. The number of rotatable bonds is 6. The highest BCUT2D eigenvalue weighted by Crippen LogP contribution is 2.34. The van der Waals surface area contributed by atoms with Crippen molar-refractivity contribution in [3.63, 3.8) is 0 Å². The molecule has 2 saturated heterocycles. The summed E-state index contributed by atoms with van der Waals surface area (Å²) >= 11 is 6.14. The molecule has 2 unspecified atom stereocenters. The van der Waals surface area contributed by atoms with E-state index in [0.717, 1.165) is 37.3 Å². The molecule has 1 aromatic heterocycles. The summed E-state index contributed by atoms with van der Waals surface area (Å²) < 4.78 is 5.78. The van der Waals surface area contributed by atoms with Gasteiger partial charge in [-0.15, -0.1) is 0 Å². The molecule has 0 bridgehead atoms. The van der Waals surface area contributed by atoms with Crippen LogP contribution in [0.15, 0.2) is 42.6 Å². The van der Waals surface area contributed by atoms with Crippen molar-refractivity contribution in [3.8, 4) is 6.07 Å². The topological polar surface area (TPSA) is 89.8 Å². The Hall–Kier alpha value is -3.31. The molecule has 38 heavy (non-hydrogen) atoms. The van der Waals surface area contributed by atoms with Gasteiger partial charge in [-0.25, -0.2) is 9.78 Å². The van der Waals surface area contributed by atoms with E-state index in [4.69, 9.17) is 21.6 Å². The summed E-state index contributed by atoms with van der Waals surface area (Å²) in [6.07, 6.45) is 3.38. The van der Waals surface area contributed by atoms with E-state index < -0.39 is 5.60 Å². The second-order valence-electron chi connectivity index (χ2n) is 10.8. The van der Waals surface area contributed by atoms with Crippen molar-refractivity contribution in [1.29, 1.82) is 5.26 Å². The number of hydrogen-bond donors (Lipinski definition) is 0. The maximum Gasteiger partial charge on any atom is 0.410 e. The SMILES string of the molecule is CCC(C)(C)OC(=O)N(C)C1CN(C(=O)C2CCN(c3ccc(C#N)cn3)CC2)CC1c1ccc(Cl)cc1. The van der Waals surface area contributed by atoms with Gasteiger partial charge in [-0.05, 0) is 62.9 Å². The van der Waals surface area contributed by atoms with Crippen molar-refractivity contribution in [2.24, 2.45) is 5.92 Å². The van der Waals surface area contributed by atoms with Crippen LogP contribution >= 0.6 is 11.6 Å². The van der Waals surface area contributed by atoms with Gasteiger partial charge < -0.3 is 19.4 Å². The number of anilines is 1. The Morgan fingerprint density at radius 2 is 1.84 bits per heavy atom. The van der Waals surface area contributed by atoms with E-state index in [1.807, 2.05) is 56.0 Å². The number of likely N-dealkylation sites (N-methyl/N-ethyl adjacent to an activating group) is 1. The highest BCUT2D eigenvalue weighted by molar-refractivity contribution is 6.30. The molecule has 8 nitrogen and oxygen atoms in total. The molecule has 0 saturated carbocycles. The average molecular weight is 538 g/mol. The summed E-state index contributed by atoms with van der Waals surface area (Å²) in [6, 6.07) is 13.2. The van der Waals surface area contributed by atoms with Gasteiger partial charge in [-0.1, -0.05) is 30.7 Å². The van der Waals surface area contributed by atoms with Crippen LogP contribution in [0.1, 0.15) is 57.1 Å². The number of benzene rings is 1. The molecule has 2 aliphatic heterocycles. The van der Waals surface area contributed by atoms with E-state index >= 15 is 0 Å². The number of nitrogens with zero attached hydrogens (tertiary/aromatic N) is 5. The molecule has 0 radical (unpaired) electrons. The van der Waals surface area contributed by atoms with Gasteiger partial charge in [0.1, 0.15) is 17.5 Å². The summed E-state index contributed by atoms with van der Waals surface area (Å²) in [4.78, 5) is 36.9. The molecule has 4 rings (SSSR count). The predicted octanol–water partition coefficient (Wildman–Crippen LogP) is 5.07. The third-order valence-electron chi connectivity index (χ3n) is 7.94. The van der Waals surface area contributed by atoms with Crippen molar-refractivity contribution in [3.05, 3.63) is 58.7 Å². The molecule has 2 amide bonds. The summed E-state index contributed by atoms with van der Waals surface area (Å²) in [5.41, 5.74) is 1.02. The van der Waals surface area contributed by atoms with E-state index in [2.05, 4.69) is 16.0 Å². The summed E-state index contributed by atoms with van der Waals surface area (Å²) in [6.45, 7) is 8.25. The molecule has 3 heterocycles. The van der Waals surface area contributed by atoms with Crippen molar-refractivity contribution in [2.75, 3.05) is 38.1 Å². The summed E-state index contributed by atoms with van der Waals surface area (Å²) in [7, 11) is 1.76. The van der Waals surface area contributed by atoms with Gasteiger partial charge in [-0.3, -0.25) is 4.79 Å². The van der Waals surface area contributed by atoms with Crippen LogP contribution in [-0.2, 0) is 9.53 Å². The predicted molar refractivity (Wildman–Crippen MR) is 147 cm³/mol. The minimum absolute atomic E-state index is 0.0403. The molecular formula is C29H36ClN5O3. The van der Waals surface area contributed by atoms with E-state index in [-0.39, 0.29) is 29.9 Å². The molecule has 2 aliphatic rings. The zero-order valence-corrected chi connectivity index (χ0v) is 23.3. The van der Waals surface area contributed by atoms with Crippen LogP contribution in [0, 0.1) is 17.2 Å². The molecule has 2 atom stereocenters. The minimum Gasteiger partial charge on any atom is -0.443 e. The standard InChI is InChI=1S/C29H36ClN5O3/c1-5-29(2,3)38-28(37)33(4)25-19-35(18-24(25)21-7-9-23(30)10-8-21)27(36)22-12-14-34(15-13-22)26-11-6-20(16-31)17-32-26/h6-11,17,22,24-25H,5,12-15,18-19H2,1-4H3. The summed E-state index contributed by atoms with van der Waals surface area (Å²) in [5.74, 6) is 0.843. The molecule has 0 aliphatic carbocycles. The quantitative estimate of drug-likeness (QED) is 0.511. The fraction of sp³-hybridized carbons (Fsp3) is 0.517. The van der Waals surface area contributed by atoms with E-state index in [1.165, 1.54) is 0 Å². The average Bonchev–Trinajstić information content (AvgIpc) is 3.38. The van der Waals surface area contributed by atoms with E-state index in [1.54, 1.807) is 24.2 Å². The van der Waals surface area contributed by atoms with Crippen LogP contribution < -0.4 is 4.90 Å². The van der Waals surface area contributed by atoms with Crippen molar-refractivity contribution in [2.45, 2.75) is 57.6 Å². The molecule has 202 valence electrons. The van der Waals surface area contributed by atoms with Gasteiger partial charge in [0, 0.05) is 56.3 Å². The van der Waals surface area contributed by atoms with Crippen molar-refractivity contribution < 1.29 is 14.3 Å². The number of carbonyl (C=O) groups is 2. The second-order valence-corrected chi connectivity index (χ2v) is 11.3. The fourth-order valence-corrected chi connectivity index (χ4v) is 5.29. The van der Waals surface area contributed by atoms with Gasteiger partial charge >= 0.3 is 6.09 Å². The van der Waals surface area contributed by atoms with Crippen LogP contribution in [0.3, 0.4) is 0 Å². The third kappa shape index (κ3) is 6.21. The lowest BCUT2D eigenvalue weighted by molar-refractivity contribution is -0.135. The third-order valence-corrected chi connectivity index (χ3v) is 8.20. The number of halogens is 1. The Balaban J connectivity index is 1.45. The van der Waals surface area contributed by atoms with E-state index in [9.17, 15) is 9.59 Å². The lowest BCUT2D eigenvalue weighted by Gasteiger charge is -2.34. The Kier molecular flexibility index (Phi) is 8.47. The normalized spacial score (nSPS) is 20.2. The van der Waals surface area contributed by atoms with Crippen LogP contribution in [0.4, 0.5) is 10.6 Å². The van der Waals surface area contributed by atoms with Crippen molar-refractivity contribution >= 4 is 29.4 Å². The summed E-state index contributed by atoms with van der Waals surface area (Å²) in [5, 5.41) is 9.66. The van der Waals surface area contributed by atoms with Gasteiger partial charge in [-0.2, -0.15) is 5.26 Å². The van der Waals surface area contributed by atoms with Crippen LogP contribution in [0.5, 0.6) is 0 Å². The number of amides is 2. The van der Waals surface area contributed by atoms with Crippen LogP contribution in [-0.4, -0.2) is 71.7 Å². The van der Waals surface area contributed by atoms with Gasteiger partial charge in [0.25, 0.3) is 0 Å². The zero-order chi connectivity index (χ0) is 27.4. The van der Waals surface area contributed by atoms with E-state index in [0.29, 0.717) is 30.1 Å². The molecule has 2 aromatic rings. The first-order valence-corrected chi connectivity index (χ1v) is 13.6. The number of aromatic nitrogens is 1. The Morgan fingerprint density at radius 3 is 2.42 bits per heavy atom. The second kappa shape index (κ2) is 11.6. The zero-order valence-electron chi connectivity index (χ0n) is 22.6. The monoisotopic (exact) mass is 537 g/mol. The molecule has 0 spiro atoms. The van der Waals surface area contributed by atoms with Gasteiger partial charge in [0.05, 0.1) is 11.6 Å². The number of carbonyl (C=O) groups excluding carboxylic acids is 2. The number of likely N-dealkylation sites (tertiary alicyclic amines) is 1. The fourth-order valence-electron chi connectivity index (χ4n) is 5.17. The number of ether oxygens (including phenoxy) is 1. The first-order valence-electron chi connectivity index (χ1n) is 13.2. The van der Waals surface area contributed by atoms with Crippen LogP contribution in [0.25, 0.3) is 0 Å². The minimum atomic E-state index is -0.563. The largest absolute Gasteiger partial charge is 0.443 e. The Morgan fingerprint density at radius 1 is 1.16 bits per heavy atom. The first-order chi connectivity index (χ1) is 18.1. The number of hydrogen-bond acceptors (Lipinski definition) is 6. The molecule has 0 N–H and O–H groups in total. The molecule has 1 aromatic carbocycles. The maximum absolute atomic E-state index is 13.7. The first kappa shape index (κ1) is 27.7. The number of piperidine rings is 1. The lowest BCUT2D eigenvalue weighted by atomic mass is 9.93. The van der Waals surface area contributed by atoms with Gasteiger partial charge in [0.15, 0.2) is 0 Å². The van der Waals surface area contributed by atoms with Crippen LogP contribution in [0.2, 0.25) is 5.02 Å². The Labute approximate surface area is 230 Å².